The van der Waals surface area contributed by atoms with Gasteiger partial charge in [0.2, 0.25) is 0 Å². The first-order valence-corrected chi connectivity index (χ1v) is 14.7. The van der Waals surface area contributed by atoms with Gasteiger partial charge in [-0.1, -0.05) is 13.8 Å². The second-order valence-electron chi connectivity index (χ2n) is 13.0. The molecule has 1 saturated heterocycles. The van der Waals surface area contributed by atoms with Crippen LogP contribution in [-0.4, -0.2) is 77.9 Å². The van der Waals surface area contributed by atoms with Gasteiger partial charge >= 0.3 is 18.2 Å². The van der Waals surface area contributed by atoms with Crippen molar-refractivity contribution in [2.45, 2.75) is 58.7 Å². The van der Waals surface area contributed by atoms with E-state index >= 15 is 0 Å². The van der Waals surface area contributed by atoms with E-state index < -0.39 is 46.1 Å². The topological polar surface area (TPSA) is 127 Å². The van der Waals surface area contributed by atoms with Gasteiger partial charge in [-0.2, -0.15) is 13.2 Å². The maximum atomic E-state index is 14.6. The summed E-state index contributed by atoms with van der Waals surface area (Å²) in [6.45, 7) is 6.13. The molecular formula is C31H38F3N5O5. The minimum Gasteiger partial charge on any atom is -0.461 e. The number of hydrogen-bond acceptors (Lipinski definition) is 6. The minimum atomic E-state index is -5.01. The quantitative estimate of drug-likeness (QED) is 0.452. The molecule has 1 aromatic carbocycles. The summed E-state index contributed by atoms with van der Waals surface area (Å²) < 4.78 is 50.1. The monoisotopic (exact) mass is 617 g/mol. The zero-order valence-electron chi connectivity index (χ0n) is 25.5. The molecule has 5 rings (SSSR count). The summed E-state index contributed by atoms with van der Waals surface area (Å²) in [6.07, 6.45) is -3.57. The number of hydrogen-bond donors (Lipinski definition) is 2. The number of carbonyl (C=O) groups excluding carboxylic acids is 4. The highest BCUT2D eigenvalue weighted by atomic mass is 19.4. The molecule has 1 aliphatic heterocycles. The van der Waals surface area contributed by atoms with Crippen molar-refractivity contribution in [1.82, 2.24) is 14.4 Å². The number of primary amides is 1. The highest BCUT2D eigenvalue weighted by Crippen LogP contribution is 2.46. The van der Waals surface area contributed by atoms with E-state index in [-0.39, 0.29) is 60.3 Å². The average Bonchev–Trinajstić information content (AvgIpc) is 3.57. The molecule has 44 heavy (non-hydrogen) atoms. The number of Topliss-reactive ketones (excluding diaryl/α,β-unsaturated/α-hetero) is 1. The van der Waals surface area contributed by atoms with E-state index in [9.17, 15) is 32.3 Å². The Morgan fingerprint density at radius 3 is 2.30 bits per heavy atom. The molecule has 3 amide bonds. The van der Waals surface area contributed by atoms with Gasteiger partial charge in [-0.25, -0.2) is 9.59 Å². The number of fused-ring (bicyclic) bond motifs is 2. The lowest BCUT2D eigenvalue weighted by Gasteiger charge is -2.30. The number of ether oxygens (including phenoxy) is 1. The Morgan fingerprint density at radius 1 is 1.11 bits per heavy atom. The summed E-state index contributed by atoms with van der Waals surface area (Å²) in [7, 11) is 3.42. The first-order valence-electron chi connectivity index (χ1n) is 14.7. The lowest BCUT2D eigenvalue weighted by Crippen LogP contribution is -2.38. The molecule has 3 aliphatic rings. The van der Waals surface area contributed by atoms with Crippen LogP contribution in [0, 0.1) is 17.3 Å². The summed E-state index contributed by atoms with van der Waals surface area (Å²) in [5.41, 5.74) is 3.13. The second kappa shape index (κ2) is 11.2. The van der Waals surface area contributed by atoms with E-state index in [1.54, 1.807) is 32.8 Å². The number of alkyl halides is 3. The van der Waals surface area contributed by atoms with Crippen molar-refractivity contribution in [3.63, 3.8) is 0 Å². The number of halogens is 3. The van der Waals surface area contributed by atoms with E-state index in [1.165, 1.54) is 29.7 Å². The van der Waals surface area contributed by atoms with Gasteiger partial charge in [0, 0.05) is 56.7 Å². The third-order valence-electron chi connectivity index (χ3n) is 8.88. The number of nitrogens with one attached hydrogen (secondary N) is 1. The maximum Gasteiger partial charge on any atom is 0.419 e. The Balaban J connectivity index is 1.58. The van der Waals surface area contributed by atoms with Crippen molar-refractivity contribution < 1.29 is 37.1 Å². The molecule has 0 spiro atoms. The maximum absolute atomic E-state index is 14.6. The summed E-state index contributed by atoms with van der Waals surface area (Å²) in [4.78, 5) is 54.7. The van der Waals surface area contributed by atoms with Crippen LogP contribution in [0.4, 0.5) is 23.7 Å². The van der Waals surface area contributed by atoms with Crippen LogP contribution in [0.1, 0.15) is 82.5 Å². The summed E-state index contributed by atoms with van der Waals surface area (Å²) in [5, 5.41) is 3.38. The molecule has 2 heterocycles. The first-order chi connectivity index (χ1) is 20.5. The lowest BCUT2D eigenvalue weighted by molar-refractivity contribution is -0.138. The van der Waals surface area contributed by atoms with E-state index in [0.29, 0.717) is 18.8 Å². The van der Waals surface area contributed by atoms with Gasteiger partial charge < -0.3 is 30.2 Å². The molecule has 0 radical (unpaired) electrons. The van der Waals surface area contributed by atoms with Crippen molar-refractivity contribution in [1.29, 1.82) is 0 Å². The highest BCUT2D eigenvalue weighted by Gasteiger charge is 2.49. The second-order valence-corrected chi connectivity index (χ2v) is 13.0. The number of aromatic nitrogens is 1. The number of amides is 3. The van der Waals surface area contributed by atoms with Crippen molar-refractivity contribution in [2.75, 3.05) is 39.1 Å². The Hall–Kier alpha value is -4.03. The first kappa shape index (κ1) is 31.4. The van der Waals surface area contributed by atoms with Crippen molar-refractivity contribution in [3.8, 4) is 5.69 Å². The minimum absolute atomic E-state index is 0.0417. The smallest absolute Gasteiger partial charge is 0.419 e. The van der Waals surface area contributed by atoms with Crippen LogP contribution in [-0.2, 0) is 17.3 Å². The van der Waals surface area contributed by atoms with Crippen LogP contribution in [0.5, 0.6) is 0 Å². The molecule has 238 valence electrons. The fraction of sp³-hybridized carbons (Fsp3) is 0.548. The third-order valence-corrected chi connectivity index (χ3v) is 8.88. The third kappa shape index (κ3) is 5.63. The predicted molar refractivity (Wildman–Crippen MR) is 156 cm³/mol. The molecule has 13 heteroatoms. The number of likely N-dealkylation sites (tertiary alicyclic amines) is 1. The van der Waals surface area contributed by atoms with Crippen LogP contribution >= 0.6 is 0 Å². The van der Waals surface area contributed by atoms with Gasteiger partial charge in [-0.15, -0.1) is 0 Å². The number of nitrogens with zero attached hydrogens (tertiary/aromatic N) is 3. The molecular weight excluding hydrogens is 579 g/mol. The molecule has 3 N–H and O–H groups in total. The summed E-state index contributed by atoms with van der Waals surface area (Å²) in [5.74, 6) is -2.11. The van der Waals surface area contributed by atoms with E-state index in [4.69, 9.17) is 10.5 Å². The molecule has 1 unspecified atom stereocenters. The van der Waals surface area contributed by atoms with Crippen molar-refractivity contribution >= 4 is 29.4 Å². The van der Waals surface area contributed by atoms with Crippen LogP contribution in [0.25, 0.3) is 5.69 Å². The van der Waals surface area contributed by atoms with Crippen LogP contribution in [0.2, 0.25) is 0 Å². The number of rotatable bonds is 6. The number of esters is 1. The molecule has 10 nitrogen and oxygen atoms in total. The Morgan fingerprint density at radius 2 is 1.75 bits per heavy atom. The molecule has 1 aromatic heterocycles. The van der Waals surface area contributed by atoms with Crippen LogP contribution in [0.15, 0.2) is 18.2 Å². The Labute approximate surface area is 253 Å². The normalized spacial score (nSPS) is 22.4. The van der Waals surface area contributed by atoms with Gasteiger partial charge in [-0.3, -0.25) is 9.59 Å². The predicted octanol–water partition coefficient (Wildman–Crippen LogP) is 4.73. The summed E-state index contributed by atoms with van der Waals surface area (Å²) >= 11 is 0. The van der Waals surface area contributed by atoms with E-state index in [2.05, 4.69) is 5.32 Å². The van der Waals surface area contributed by atoms with Gasteiger partial charge in [0.15, 0.2) is 5.78 Å². The Kier molecular flexibility index (Phi) is 7.96. The van der Waals surface area contributed by atoms with E-state index in [1.807, 2.05) is 4.90 Å². The number of carbonyl (C=O) groups is 4. The van der Waals surface area contributed by atoms with Gasteiger partial charge in [0.1, 0.15) is 5.69 Å². The van der Waals surface area contributed by atoms with Gasteiger partial charge in [0.05, 0.1) is 23.3 Å². The van der Waals surface area contributed by atoms with Crippen LogP contribution < -0.4 is 11.1 Å². The molecule has 2 aromatic rings. The van der Waals surface area contributed by atoms with E-state index in [0.717, 1.165) is 12.8 Å². The van der Waals surface area contributed by atoms with Crippen LogP contribution in [0.3, 0.4) is 0 Å². The molecule has 3 atom stereocenters. The standard InChI is InChI=1S/C31H38F3N5O5/c1-6-44-28(42)26-25(31(32,33)34)24-22(12-30(2,3)13-23(24)40)39(26)19-7-8-20(27(35)41)21(11-19)36-18-9-16-14-38(15-17(16)10-18)29(43)37(4)5/h7-8,11,16-18,36H,6,9-10,12-15H2,1-5H3,(H2,35,41)/t16-,17+,18?. The van der Waals surface area contributed by atoms with Crippen molar-refractivity contribution in [3.05, 3.63) is 46.3 Å². The molecule has 1 saturated carbocycles. The number of benzene rings is 1. The Bertz CT molecular complexity index is 1520. The zero-order chi connectivity index (χ0) is 32.3. The SMILES string of the molecule is CCOC(=O)c1c(C(F)(F)F)c2c(n1-c1ccc(C(N)=O)c(NC3C[C@@H]4CN(C(=O)N(C)C)C[C@@H]4C3)c1)CC(C)(C)CC2=O. The fourth-order valence-corrected chi connectivity index (χ4v) is 7.16. The zero-order valence-corrected chi connectivity index (χ0v) is 25.5. The van der Waals surface area contributed by atoms with Crippen molar-refractivity contribution in [2.24, 2.45) is 23.0 Å². The summed E-state index contributed by atoms with van der Waals surface area (Å²) in [6, 6.07) is 4.22. The van der Waals surface area contributed by atoms with Gasteiger partial charge in [0.25, 0.3) is 5.91 Å². The number of ketones is 1. The van der Waals surface area contributed by atoms with Gasteiger partial charge in [-0.05, 0) is 61.6 Å². The average molecular weight is 618 g/mol. The number of anilines is 1. The molecule has 0 bridgehead atoms. The molecule has 2 aliphatic carbocycles. The number of nitrogens with two attached hydrogens (primary N) is 1. The number of urea groups is 1. The fourth-order valence-electron chi connectivity index (χ4n) is 7.16. The largest absolute Gasteiger partial charge is 0.461 e. The lowest BCUT2D eigenvalue weighted by atomic mass is 9.75. The highest BCUT2D eigenvalue weighted by molar-refractivity contribution is 6.05. The molecule has 2 fully saturated rings.